The average molecular weight is 285 g/mol. The molecule has 0 fully saturated rings. The maximum absolute atomic E-state index is 6.28. The molecule has 1 aromatic heterocycles. The standard InChI is InChI=1S/C17H17ClN2/c1-2-12-4-3-5-13-8-9-20(17(12)13)11-14-6-7-15(19)10-16(14)18/h3-10H,2,11,19H2,1H3. The molecule has 0 unspecified atom stereocenters. The molecular formula is C17H17ClN2. The van der Waals surface area contributed by atoms with Gasteiger partial charge in [-0.15, -0.1) is 0 Å². The summed E-state index contributed by atoms with van der Waals surface area (Å²) >= 11 is 6.28. The summed E-state index contributed by atoms with van der Waals surface area (Å²) in [6.45, 7) is 2.95. The first-order valence-corrected chi connectivity index (χ1v) is 7.17. The number of rotatable bonds is 3. The van der Waals surface area contributed by atoms with Crippen molar-refractivity contribution in [2.24, 2.45) is 0 Å². The third kappa shape index (κ3) is 2.27. The fourth-order valence-electron chi connectivity index (χ4n) is 2.63. The van der Waals surface area contributed by atoms with Gasteiger partial charge in [0.05, 0.1) is 5.52 Å². The van der Waals surface area contributed by atoms with Crippen LogP contribution in [0.25, 0.3) is 10.9 Å². The number of anilines is 1. The van der Waals surface area contributed by atoms with Gasteiger partial charge in [0.1, 0.15) is 0 Å². The maximum atomic E-state index is 6.28. The van der Waals surface area contributed by atoms with Gasteiger partial charge >= 0.3 is 0 Å². The van der Waals surface area contributed by atoms with Crippen molar-refractivity contribution in [3.05, 3.63) is 64.8 Å². The van der Waals surface area contributed by atoms with Gasteiger partial charge in [-0.2, -0.15) is 0 Å². The van der Waals surface area contributed by atoms with Crippen molar-refractivity contribution in [1.29, 1.82) is 0 Å². The normalized spacial score (nSPS) is 11.1. The highest BCUT2D eigenvalue weighted by molar-refractivity contribution is 6.31. The predicted octanol–water partition coefficient (Wildman–Crippen LogP) is 4.49. The summed E-state index contributed by atoms with van der Waals surface area (Å²) < 4.78 is 2.26. The fourth-order valence-corrected chi connectivity index (χ4v) is 2.88. The van der Waals surface area contributed by atoms with Gasteiger partial charge in [0.25, 0.3) is 0 Å². The van der Waals surface area contributed by atoms with Gasteiger partial charge in [0, 0.05) is 23.5 Å². The molecular weight excluding hydrogens is 268 g/mol. The zero-order chi connectivity index (χ0) is 14.1. The van der Waals surface area contributed by atoms with Gasteiger partial charge in [-0.25, -0.2) is 0 Å². The van der Waals surface area contributed by atoms with Crippen LogP contribution < -0.4 is 5.73 Å². The van der Waals surface area contributed by atoms with Crippen molar-refractivity contribution >= 4 is 28.2 Å². The monoisotopic (exact) mass is 284 g/mol. The average Bonchev–Trinajstić information content (AvgIpc) is 2.85. The molecule has 0 aliphatic rings. The van der Waals surface area contributed by atoms with Crippen molar-refractivity contribution in [3.8, 4) is 0 Å². The Kier molecular flexibility index (Phi) is 3.41. The van der Waals surface area contributed by atoms with Gasteiger partial charge in [0.15, 0.2) is 0 Å². The van der Waals surface area contributed by atoms with Crippen LogP contribution in [0.3, 0.4) is 0 Å². The largest absolute Gasteiger partial charge is 0.399 e. The molecule has 2 N–H and O–H groups in total. The second kappa shape index (κ2) is 5.22. The summed E-state index contributed by atoms with van der Waals surface area (Å²) in [4.78, 5) is 0. The van der Waals surface area contributed by atoms with E-state index < -0.39 is 0 Å². The molecule has 20 heavy (non-hydrogen) atoms. The first-order valence-electron chi connectivity index (χ1n) is 6.79. The Bertz CT molecular complexity index is 759. The molecule has 2 nitrogen and oxygen atoms in total. The van der Waals surface area contributed by atoms with E-state index in [-0.39, 0.29) is 0 Å². The van der Waals surface area contributed by atoms with E-state index in [2.05, 4.69) is 42.0 Å². The predicted molar refractivity (Wildman–Crippen MR) is 86.3 cm³/mol. The summed E-state index contributed by atoms with van der Waals surface area (Å²) in [5.74, 6) is 0. The summed E-state index contributed by atoms with van der Waals surface area (Å²) in [6, 6.07) is 14.3. The molecule has 0 saturated heterocycles. The van der Waals surface area contributed by atoms with Crippen molar-refractivity contribution in [2.75, 3.05) is 5.73 Å². The van der Waals surface area contributed by atoms with Crippen LogP contribution in [0.2, 0.25) is 5.02 Å². The lowest BCUT2D eigenvalue weighted by atomic mass is 10.1. The molecule has 3 heteroatoms. The van der Waals surface area contributed by atoms with Crippen LogP contribution in [0.4, 0.5) is 5.69 Å². The molecule has 0 radical (unpaired) electrons. The van der Waals surface area contributed by atoms with E-state index in [1.54, 1.807) is 0 Å². The summed E-state index contributed by atoms with van der Waals surface area (Å²) in [7, 11) is 0. The minimum Gasteiger partial charge on any atom is -0.399 e. The number of benzene rings is 2. The number of nitrogens with zero attached hydrogens (tertiary/aromatic N) is 1. The number of nitrogens with two attached hydrogens (primary N) is 1. The highest BCUT2D eigenvalue weighted by Gasteiger charge is 2.08. The van der Waals surface area contributed by atoms with Crippen LogP contribution in [-0.2, 0) is 13.0 Å². The highest BCUT2D eigenvalue weighted by Crippen LogP contribution is 2.25. The van der Waals surface area contributed by atoms with Gasteiger partial charge in [-0.3, -0.25) is 0 Å². The quantitative estimate of drug-likeness (QED) is 0.706. The number of aromatic nitrogens is 1. The van der Waals surface area contributed by atoms with E-state index in [1.807, 2.05) is 18.2 Å². The number of fused-ring (bicyclic) bond motifs is 1. The summed E-state index contributed by atoms with van der Waals surface area (Å²) in [5, 5.41) is 2.00. The van der Waals surface area contributed by atoms with E-state index in [9.17, 15) is 0 Å². The fraction of sp³-hybridized carbons (Fsp3) is 0.176. The van der Waals surface area contributed by atoms with Crippen LogP contribution in [0, 0.1) is 0 Å². The Morgan fingerprint density at radius 2 is 1.95 bits per heavy atom. The molecule has 0 aliphatic heterocycles. The molecule has 0 aliphatic carbocycles. The van der Waals surface area contributed by atoms with Crippen molar-refractivity contribution in [3.63, 3.8) is 0 Å². The number of para-hydroxylation sites is 1. The Morgan fingerprint density at radius 3 is 2.70 bits per heavy atom. The number of hydrogen-bond donors (Lipinski definition) is 1. The van der Waals surface area contributed by atoms with E-state index in [1.165, 1.54) is 16.5 Å². The second-order valence-electron chi connectivity index (χ2n) is 5.00. The van der Waals surface area contributed by atoms with Gasteiger partial charge in [-0.1, -0.05) is 42.8 Å². The smallest absolute Gasteiger partial charge is 0.0515 e. The van der Waals surface area contributed by atoms with Crippen LogP contribution >= 0.6 is 11.6 Å². The minimum absolute atomic E-state index is 0.699. The number of aryl methyl sites for hydroxylation is 1. The molecule has 1 heterocycles. The number of hydrogen-bond acceptors (Lipinski definition) is 1. The van der Waals surface area contributed by atoms with Gasteiger partial charge < -0.3 is 10.3 Å². The Balaban J connectivity index is 2.06. The molecule has 0 spiro atoms. The minimum atomic E-state index is 0.699. The zero-order valence-electron chi connectivity index (χ0n) is 11.4. The van der Waals surface area contributed by atoms with Gasteiger partial charge in [0.2, 0.25) is 0 Å². The number of halogens is 1. The Labute approximate surface area is 123 Å². The van der Waals surface area contributed by atoms with Crippen LogP contribution in [0.1, 0.15) is 18.1 Å². The number of nitrogen functional groups attached to an aromatic ring is 1. The molecule has 0 bridgehead atoms. The van der Waals surface area contributed by atoms with Crippen molar-refractivity contribution in [1.82, 2.24) is 4.57 Å². The van der Waals surface area contributed by atoms with Crippen molar-refractivity contribution in [2.45, 2.75) is 19.9 Å². The zero-order valence-corrected chi connectivity index (χ0v) is 12.2. The lowest BCUT2D eigenvalue weighted by molar-refractivity contribution is 0.831. The molecule has 3 rings (SSSR count). The van der Waals surface area contributed by atoms with Crippen molar-refractivity contribution < 1.29 is 0 Å². The molecule has 0 atom stereocenters. The molecule has 3 aromatic rings. The topological polar surface area (TPSA) is 30.9 Å². The Hall–Kier alpha value is -1.93. The highest BCUT2D eigenvalue weighted by atomic mass is 35.5. The summed E-state index contributed by atoms with van der Waals surface area (Å²) in [5.41, 5.74) is 10.2. The van der Waals surface area contributed by atoms with E-state index in [0.29, 0.717) is 5.69 Å². The van der Waals surface area contributed by atoms with E-state index in [4.69, 9.17) is 17.3 Å². The first kappa shape index (κ1) is 13.1. The third-order valence-corrected chi connectivity index (χ3v) is 4.02. The van der Waals surface area contributed by atoms with Crippen LogP contribution in [0.5, 0.6) is 0 Å². The Morgan fingerprint density at radius 1 is 1.10 bits per heavy atom. The van der Waals surface area contributed by atoms with Gasteiger partial charge in [-0.05, 0) is 41.1 Å². The van der Waals surface area contributed by atoms with Crippen LogP contribution in [0.15, 0.2) is 48.7 Å². The molecule has 102 valence electrons. The lowest BCUT2D eigenvalue weighted by Gasteiger charge is -2.10. The van der Waals surface area contributed by atoms with Crippen LogP contribution in [-0.4, -0.2) is 4.57 Å². The molecule has 0 amide bonds. The summed E-state index contributed by atoms with van der Waals surface area (Å²) in [6.07, 6.45) is 3.15. The molecule has 0 saturated carbocycles. The lowest BCUT2D eigenvalue weighted by Crippen LogP contribution is -2.01. The SMILES string of the molecule is CCc1cccc2ccn(Cc3ccc(N)cc3Cl)c12. The first-order chi connectivity index (χ1) is 9.69. The van der Waals surface area contributed by atoms with E-state index in [0.717, 1.165) is 23.6 Å². The molecule has 2 aromatic carbocycles. The third-order valence-electron chi connectivity index (χ3n) is 3.67. The van der Waals surface area contributed by atoms with E-state index >= 15 is 0 Å². The maximum Gasteiger partial charge on any atom is 0.0515 e. The second-order valence-corrected chi connectivity index (χ2v) is 5.41.